The molecule has 6 rings (SSSR count). The molecular formula is C28H23N2O+. The first-order chi connectivity index (χ1) is 17.4. The molecule has 3 nitrogen and oxygen atoms in total. The molecule has 0 radical (unpaired) electrons. The van der Waals surface area contributed by atoms with E-state index in [1.54, 1.807) is 11.6 Å². The van der Waals surface area contributed by atoms with Crippen LogP contribution in [-0.2, 0) is 7.05 Å². The first-order valence-corrected chi connectivity index (χ1v) is 10.1. The van der Waals surface area contributed by atoms with E-state index >= 15 is 0 Å². The maximum atomic E-state index is 8.02. The van der Waals surface area contributed by atoms with E-state index < -0.39 is 13.7 Å². The third-order valence-electron chi connectivity index (χ3n) is 6.06. The summed E-state index contributed by atoms with van der Waals surface area (Å²) in [6.07, 6.45) is 1.39. The van der Waals surface area contributed by atoms with Gasteiger partial charge >= 0.3 is 0 Å². The summed E-state index contributed by atoms with van der Waals surface area (Å²) in [5.74, 6) is 0. The second kappa shape index (κ2) is 6.39. The Kier molecular flexibility index (Phi) is 2.65. The highest BCUT2D eigenvalue weighted by Crippen LogP contribution is 2.38. The van der Waals surface area contributed by atoms with Crippen molar-refractivity contribution in [1.82, 2.24) is 4.98 Å². The summed E-state index contributed by atoms with van der Waals surface area (Å²) in [5, 5.41) is 4.83. The van der Waals surface area contributed by atoms with Crippen LogP contribution in [0.5, 0.6) is 0 Å². The van der Waals surface area contributed by atoms with Crippen LogP contribution in [0.25, 0.3) is 55.0 Å². The Balaban J connectivity index is 1.68. The van der Waals surface area contributed by atoms with Crippen molar-refractivity contribution in [3.8, 4) is 11.3 Å². The van der Waals surface area contributed by atoms with E-state index in [0.717, 1.165) is 38.0 Å². The molecule has 0 unspecified atom stereocenters. The predicted octanol–water partition coefficient (Wildman–Crippen LogP) is 6.70. The van der Waals surface area contributed by atoms with Crippen LogP contribution in [0.1, 0.15) is 24.9 Å². The predicted molar refractivity (Wildman–Crippen MR) is 127 cm³/mol. The number of nitrogens with zero attached hydrogens (tertiary/aromatic N) is 2. The zero-order valence-corrected chi connectivity index (χ0v) is 17.2. The molecule has 3 aromatic carbocycles. The third-order valence-corrected chi connectivity index (χ3v) is 6.06. The normalized spacial score (nSPS) is 15.5. The van der Waals surface area contributed by atoms with Gasteiger partial charge in [0, 0.05) is 41.4 Å². The molecule has 0 aliphatic heterocycles. The Morgan fingerprint density at radius 2 is 1.68 bits per heavy atom. The van der Waals surface area contributed by atoms with Gasteiger partial charge in [-0.25, -0.2) is 9.55 Å². The number of furan rings is 1. The molecule has 31 heavy (non-hydrogen) atoms. The van der Waals surface area contributed by atoms with Crippen LogP contribution in [0.4, 0.5) is 0 Å². The lowest BCUT2D eigenvalue weighted by molar-refractivity contribution is -0.660. The number of benzene rings is 3. The van der Waals surface area contributed by atoms with Gasteiger partial charge in [0.15, 0.2) is 11.8 Å². The molecule has 0 bridgehead atoms. The van der Waals surface area contributed by atoms with Crippen molar-refractivity contribution in [2.75, 3.05) is 0 Å². The first kappa shape index (κ1) is 12.9. The Labute approximate surface area is 189 Å². The topological polar surface area (TPSA) is 29.9 Å². The number of aromatic nitrogens is 2. The van der Waals surface area contributed by atoms with Crippen LogP contribution >= 0.6 is 0 Å². The van der Waals surface area contributed by atoms with Gasteiger partial charge in [-0.15, -0.1) is 0 Å². The highest BCUT2D eigenvalue weighted by molar-refractivity contribution is 6.14. The molecule has 0 atom stereocenters. The van der Waals surface area contributed by atoms with Crippen molar-refractivity contribution in [3.63, 3.8) is 0 Å². The van der Waals surface area contributed by atoms with Gasteiger partial charge in [0.25, 0.3) is 0 Å². The molecule has 0 aliphatic rings. The van der Waals surface area contributed by atoms with E-state index in [1.165, 1.54) is 12.3 Å². The SMILES string of the molecule is [2H]C([2H])([2H])c1cc(-c2c(C)ccc3c2oc2nc4c(ccc5ccccc54)cc23)[n+](C)cc1C([2H])([2H])[2H]. The van der Waals surface area contributed by atoms with Crippen LogP contribution in [0, 0.1) is 20.6 Å². The lowest BCUT2D eigenvalue weighted by Gasteiger charge is -2.07. The first-order valence-electron chi connectivity index (χ1n) is 13.1. The summed E-state index contributed by atoms with van der Waals surface area (Å²) in [6, 6.07) is 19.7. The number of hydrogen-bond acceptors (Lipinski definition) is 2. The van der Waals surface area contributed by atoms with Gasteiger partial charge < -0.3 is 4.42 Å². The van der Waals surface area contributed by atoms with Gasteiger partial charge in [-0.05, 0) is 43.2 Å². The Hall–Kier alpha value is -3.72. The van der Waals surface area contributed by atoms with Gasteiger partial charge in [0.2, 0.25) is 11.4 Å². The highest BCUT2D eigenvalue weighted by Gasteiger charge is 2.22. The molecule has 0 saturated heterocycles. The summed E-state index contributed by atoms with van der Waals surface area (Å²) < 4.78 is 55.7. The van der Waals surface area contributed by atoms with E-state index in [4.69, 9.17) is 17.6 Å². The van der Waals surface area contributed by atoms with Crippen LogP contribution in [0.2, 0.25) is 0 Å². The van der Waals surface area contributed by atoms with Gasteiger partial charge in [-0.3, -0.25) is 0 Å². The van der Waals surface area contributed by atoms with Crippen molar-refractivity contribution < 1.29 is 17.2 Å². The molecule has 3 heterocycles. The van der Waals surface area contributed by atoms with Crippen molar-refractivity contribution in [1.29, 1.82) is 0 Å². The smallest absolute Gasteiger partial charge is 0.227 e. The molecule has 0 spiro atoms. The van der Waals surface area contributed by atoms with Crippen LogP contribution < -0.4 is 4.57 Å². The molecule has 0 amide bonds. The molecule has 0 fully saturated rings. The maximum absolute atomic E-state index is 8.02. The molecule has 0 saturated carbocycles. The minimum Gasteiger partial charge on any atom is -0.437 e. The molecule has 0 aliphatic carbocycles. The summed E-state index contributed by atoms with van der Waals surface area (Å²) >= 11 is 0. The highest BCUT2D eigenvalue weighted by atomic mass is 16.3. The van der Waals surface area contributed by atoms with Gasteiger partial charge in [0.05, 0.1) is 11.1 Å². The Bertz CT molecular complexity index is 1880. The molecular weight excluding hydrogens is 380 g/mol. The standard InChI is InChI=1S/C28H23N2O/c1-16-9-12-22-23-14-20-11-10-19-7-5-6-8-21(19)26(20)29-28(23)31-27(22)25(16)24-13-17(2)18(3)15-30(24)4/h5-15H,1-4H3/q+1/i2D3,3D3. The fraction of sp³-hybridized carbons (Fsp3) is 0.143. The Morgan fingerprint density at radius 3 is 2.55 bits per heavy atom. The fourth-order valence-corrected chi connectivity index (χ4v) is 4.47. The van der Waals surface area contributed by atoms with Crippen molar-refractivity contribution in [3.05, 3.63) is 83.6 Å². The summed E-state index contributed by atoms with van der Waals surface area (Å²) in [7, 11) is 1.72. The molecule has 3 heteroatoms. The number of fused-ring (bicyclic) bond motifs is 6. The summed E-state index contributed by atoms with van der Waals surface area (Å²) in [5.41, 5.74) is 3.66. The maximum Gasteiger partial charge on any atom is 0.227 e. The van der Waals surface area contributed by atoms with Crippen molar-refractivity contribution >= 4 is 43.7 Å². The van der Waals surface area contributed by atoms with Crippen LogP contribution in [0.15, 0.2) is 71.3 Å². The number of pyridine rings is 2. The van der Waals surface area contributed by atoms with Gasteiger partial charge in [0.1, 0.15) is 7.05 Å². The quantitative estimate of drug-likeness (QED) is 0.223. The van der Waals surface area contributed by atoms with Crippen LogP contribution in [0.3, 0.4) is 0 Å². The van der Waals surface area contributed by atoms with E-state index in [2.05, 4.69) is 12.1 Å². The monoisotopic (exact) mass is 409 g/mol. The molecule has 6 aromatic rings. The van der Waals surface area contributed by atoms with E-state index in [1.807, 2.05) is 49.4 Å². The Morgan fingerprint density at radius 1 is 0.839 bits per heavy atom. The lowest BCUT2D eigenvalue weighted by Crippen LogP contribution is -2.31. The van der Waals surface area contributed by atoms with Gasteiger partial charge in [-0.2, -0.15) is 0 Å². The lowest BCUT2D eigenvalue weighted by atomic mass is 9.98. The minimum absolute atomic E-state index is 0.187. The van der Waals surface area contributed by atoms with Gasteiger partial charge in [-0.1, -0.05) is 48.5 Å². The number of rotatable bonds is 1. The molecule has 0 N–H and O–H groups in total. The zero-order valence-electron chi connectivity index (χ0n) is 23.2. The van der Waals surface area contributed by atoms with Crippen molar-refractivity contribution in [2.24, 2.45) is 7.05 Å². The molecule has 3 aromatic heterocycles. The van der Waals surface area contributed by atoms with E-state index in [0.29, 0.717) is 22.6 Å². The third kappa shape index (κ3) is 2.59. The van der Waals surface area contributed by atoms with Crippen LogP contribution in [-0.4, -0.2) is 4.98 Å². The summed E-state index contributed by atoms with van der Waals surface area (Å²) in [4.78, 5) is 4.90. The number of hydrogen-bond donors (Lipinski definition) is 0. The average Bonchev–Trinajstić information content (AvgIpc) is 3.19. The largest absolute Gasteiger partial charge is 0.437 e. The second-order valence-electron chi connectivity index (χ2n) is 8.03. The number of aryl methyl sites for hydroxylation is 4. The molecule has 150 valence electrons. The van der Waals surface area contributed by atoms with E-state index in [-0.39, 0.29) is 11.1 Å². The summed E-state index contributed by atoms with van der Waals surface area (Å²) in [6.45, 7) is -3.23. The zero-order chi connectivity index (χ0) is 26.3. The average molecular weight is 410 g/mol. The fourth-order valence-electron chi connectivity index (χ4n) is 4.47. The van der Waals surface area contributed by atoms with E-state index in [9.17, 15) is 0 Å². The minimum atomic E-state index is -2.59. The second-order valence-corrected chi connectivity index (χ2v) is 8.03. The van der Waals surface area contributed by atoms with Crippen molar-refractivity contribution in [2.45, 2.75) is 20.6 Å².